The second kappa shape index (κ2) is 8.91. The number of hydrogen-bond donors (Lipinski definition) is 3. The van der Waals surface area contributed by atoms with Crippen LogP contribution < -0.4 is 26.4 Å². The molecule has 3 rings (SSSR count). The molecule has 4 N–H and O–H groups in total. The van der Waals surface area contributed by atoms with Crippen molar-refractivity contribution in [2.45, 2.75) is 18.6 Å². The molecule has 0 spiro atoms. The molecule has 1 amide bonds. The summed E-state index contributed by atoms with van der Waals surface area (Å²) in [5, 5.41) is 2.65. The number of benzene rings is 1. The van der Waals surface area contributed by atoms with Crippen molar-refractivity contribution in [1.29, 1.82) is 0 Å². The van der Waals surface area contributed by atoms with Crippen molar-refractivity contribution in [2.24, 2.45) is 5.73 Å². The van der Waals surface area contributed by atoms with E-state index in [9.17, 15) is 18.4 Å². The maximum atomic E-state index is 14.2. The van der Waals surface area contributed by atoms with Gasteiger partial charge in [-0.25, -0.2) is 14.2 Å². The summed E-state index contributed by atoms with van der Waals surface area (Å²) in [5.41, 5.74) is 5.66. The number of carbonyl (C=O) groups excluding carboxylic acids is 1. The molecule has 0 aliphatic carbocycles. The summed E-state index contributed by atoms with van der Waals surface area (Å²) in [5.74, 6) is -2.99. The van der Waals surface area contributed by atoms with Gasteiger partial charge in [-0.1, -0.05) is 0 Å². The highest BCUT2D eigenvalue weighted by molar-refractivity contribution is 5.93. The van der Waals surface area contributed by atoms with Crippen molar-refractivity contribution in [2.75, 3.05) is 25.7 Å². The Labute approximate surface area is 170 Å². The number of rotatable bonds is 6. The molecule has 11 heteroatoms. The number of nitrogens with two attached hydrogens (primary N) is 1. The number of H-pyrrole nitrogens is 1. The Bertz CT molecular complexity index is 1030. The molecular formula is C19H21F2N5O4. The lowest BCUT2D eigenvalue weighted by molar-refractivity contribution is -0.121. The van der Waals surface area contributed by atoms with Crippen LogP contribution in [0.2, 0.25) is 0 Å². The van der Waals surface area contributed by atoms with Crippen LogP contribution in [-0.2, 0) is 9.53 Å². The van der Waals surface area contributed by atoms with Gasteiger partial charge in [0, 0.05) is 32.5 Å². The highest BCUT2D eigenvalue weighted by atomic mass is 19.2. The number of nitrogens with zero attached hydrogens (tertiary/aromatic N) is 2. The number of nitrogens with one attached hydrogen (secondary N) is 2. The van der Waals surface area contributed by atoms with Crippen LogP contribution in [0.15, 0.2) is 35.4 Å². The van der Waals surface area contributed by atoms with E-state index in [0.717, 1.165) is 12.3 Å². The van der Waals surface area contributed by atoms with Gasteiger partial charge in [-0.3, -0.25) is 4.79 Å². The normalized spacial score (nSPS) is 19.1. The fourth-order valence-electron chi connectivity index (χ4n) is 3.37. The van der Waals surface area contributed by atoms with Crippen molar-refractivity contribution in [1.82, 2.24) is 15.3 Å². The van der Waals surface area contributed by atoms with Crippen LogP contribution in [0, 0.1) is 11.6 Å². The zero-order valence-electron chi connectivity index (χ0n) is 16.3. The van der Waals surface area contributed by atoms with Crippen molar-refractivity contribution >= 4 is 17.3 Å². The average Bonchev–Trinajstić information content (AvgIpc) is 3.18. The maximum absolute atomic E-state index is 14.2. The number of ether oxygens (including phenoxy) is 2. The molecule has 2 unspecified atom stereocenters. The molecule has 2 atom stereocenters. The molecule has 1 saturated heterocycles. The second-order valence-corrected chi connectivity index (χ2v) is 6.53. The van der Waals surface area contributed by atoms with Crippen LogP contribution in [0.5, 0.6) is 5.75 Å². The van der Waals surface area contributed by atoms with Gasteiger partial charge in [-0.05, 0) is 18.2 Å². The van der Waals surface area contributed by atoms with Crippen LogP contribution in [0.3, 0.4) is 0 Å². The standard InChI is InChI=1S/C19H21F2N5O4/c1-29-10-7-15(18(27)24-13(8-22)12-5-6-23-19(28)25-12)26(9-10)14-4-3-11(20)16(21)17(14)30-2/h3-6,8,10,15H,7,9,22H2,1-2H3,(H,24,27)(H,23,25,28)/b13-8+. The summed E-state index contributed by atoms with van der Waals surface area (Å²) in [6.07, 6.45) is 2.37. The predicted molar refractivity (Wildman–Crippen MR) is 105 cm³/mol. The number of anilines is 1. The van der Waals surface area contributed by atoms with Gasteiger partial charge < -0.3 is 30.4 Å². The Morgan fingerprint density at radius 1 is 1.37 bits per heavy atom. The molecule has 1 aliphatic rings. The molecule has 1 fully saturated rings. The Morgan fingerprint density at radius 3 is 2.77 bits per heavy atom. The lowest BCUT2D eigenvalue weighted by Crippen LogP contribution is -2.43. The molecule has 0 radical (unpaired) electrons. The van der Waals surface area contributed by atoms with E-state index in [1.807, 2.05) is 0 Å². The van der Waals surface area contributed by atoms with Gasteiger partial charge in [0.15, 0.2) is 11.6 Å². The number of halogens is 2. The Balaban J connectivity index is 1.92. The summed E-state index contributed by atoms with van der Waals surface area (Å²) in [6, 6.07) is 2.99. The van der Waals surface area contributed by atoms with Gasteiger partial charge >= 0.3 is 5.69 Å². The number of hydrogen-bond acceptors (Lipinski definition) is 7. The number of methoxy groups -OCH3 is 2. The minimum atomic E-state index is -1.15. The third-order valence-corrected chi connectivity index (χ3v) is 4.83. The van der Waals surface area contributed by atoms with Gasteiger partial charge in [0.1, 0.15) is 6.04 Å². The van der Waals surface area contributed by atoms with E-state index in [4.69, 9.17) is 15.2 Å². The third kappa shape index (κ3) is 4.10. The van der Waals surface area contributed by atoms with Gasteiger partial charge in [-0.15, -0.1) is 0 Å². The van der Waals surface area contributed by atoms with E-state index in [1.165, 1.54) is 32.5 Å². The number of aromatic nitrogens is 2. The molecule has 2 aromatic rings. The van der Waals surface area contributed by atoms with Crippen LogP contribution in [0.25, 0.3) is 5.70 Å². The number of aromatic amines is 1. The first-order valence-electron chi connectivity index (χ1n) is 8.99. The molecular weight excluding hydrogens is 400 g/mol. The van der Waals surface area contributed by atoms with E-state index in [1.54, 1.807) is 4.90 Å². The summed E-state index contributed by atoms with van der Waals surface area (Å²) >= 11 is 0. The largest absolute Gasteiger partial charge is 0.491 e. The highest BCUT2D eigenvalue weighted by Gasteiger charge is 2.39. The highest BCUT2D eigenvalue weighted by Crippen LogP contribution is 2.37. The van der Waals surface area contributed by atoms with E-state index < -0.39 is 29.3 Å². The zero-order valence-corrected chi connectivity index (χ0v) is 16.3. The fraction of sp³-hybridized carbons (Fsp3) is 0.316. The van der Waals surface area contributed by atoms with Crippen LogP contribution in [0.1, 0.15) is 12.1 Å². The average molecular weight is 421 g/mol. The molecule has 1 aromatic carbocycles. The smallest absolute Gasteiger partial charge is 0.345 e. The third-order valence-electron chi connectivity index (χ3n) is 4.83. The fourth-order valence-corrected chi connectivity index (χ4v) is 3.37. The summed E-state index contributed by atoms with van der Waals surface area (Å²) in [6.45, 7) is 0.254. The molecule has 1 aliphatic heterocycles. The van der Waals surface area contributed by atoms with Gasteiger partial charge in [0.05, 0.1) is 30.3 Å². The van der Waals surface area contributed by atoms with Crippen molar-refractivity contribution in [3.63, 3.8) is 0 Å². The van der Waals surface area contributed by atoms with Crippen LogP contribution >= 0.6 is 0 Å². The quantitative estimate of drug-likeness (QED) is 0.628. The predicted octanol–water partition coefficient (Wildman–Crippen LogP) is 0.724. The van der Waals surface area contributed by atoms with Crippen molar-refractivity contribution in [3.8, 4) is 5.75 Å². The summed E-state index contributed by atoms with van der Waals surface area (Å²) < 4.78 is 38.3. The van der Waals surface area contributed by atoms with E-state index in [-0.39, 0.29) is 41.9 Å². The molecule has 160 valence electrons. The molecule has 30 heavy (non-hydrogen) atoms. The van der Waals surface area contributed by atoms with Crippen molar-refractivity contribution in [3.05, 3.63) is 58.4 Å². The minimum absolute atomic E-state index is 0.164. The monoisotopic (exact) mass is 421 g/mol. The number of carbonyl (C=O) groups is 1. The molecule has 0 bridgehead atoms. The Kier molecular flexibility index (Phi) is 6.31. The van der Waals surface area contributed by atoms with Crippen LogP contribution in [-0.4, -0.2) is 48.8 Å². The second-order valence-electron chi connectivity index (χ2n) is 6.53. The van der Waals surface area contributed by atoms with Gasteiger partial charge in [0.2, 0.25) is 11.7 Å². The summed E-state index contributed by atoms with van der Waals surface area (Å²) in [4.78, 5) is 32.1. The lowest BCUT2D eigenvalue weighted by Gasteiger charge is -2.27. The van der Waals surface area contributed by atoms with E-state index >= 15 is 0 Å². The van der Waals surface area contributed by atoms with Crippen LogP contribution in [0.4, 0.5) is 14.5 Å². The topological polar surface area (TPSA) is 123 Å². The minimum Gasteiger partial charge on any atom is -0.491 e. The maximum Gasteiger partial charge on any atom is 0.345 e. The number of amides is 1. The lowest BCUT2D eigenvalue weighted by atomic mass is 10.1. The first kappa shape index (κ1) is 21.2. The summed E-state index contributed by atoms with van der Waals surface area (Å²) in [7, 11) is 2.72. The Hall–Kier alpha value is -3.47. The molecule has 9 nitrogen and oxygen atoms in total. The molecule has 2 heterocycles. The first-order chi connectivity index (χ1) is 14.4. The van der Waals surface area contributed by atoms with Gasteiger partial charge in [0.25, 0.3) is 0 Å². The molecule has 1 aromatic heterocycles. The molecule has 0 saturated carbocycles. The SMILES string of the molecule is COc1c(N2CC(OC)CC2C(=O)N/C(=C/N)c2ccnc(=O)[nH]2)ccc(F)c1F. The van der Waals surface area contributed by atoms with E-state index in [2.05, 4.69) is 15.3 Å². The Morgan fingerprint density at radius 2 is 2.13 bits per heavy atom. The first-order valence-corrected chi connectivity index (χ1v) is 8.99. The van der Waals surface area contributed by atoms with Gasteiger partial charge in [-0.2, -0.15) is 4.39 Å². The van der Waals surface area contributed by atoms with Crippen molar-refractivity contribution < 1.29 is 23.0 Å². The zero-order chi connectivity index (χ0) is 21.8. The van der Waals surface area contributed by atoms with E-state index in [0.29, 0.717) is 0 Å².